The standard InChI is InChI=1S/C20H17NO/c21-19-12-11-16(13-15-7-3-1-4-8-15)14-18(19)20(22)17-9-5-2-6-10-17/h1-12,14H,13,21H2. The third-order valence-corrected chi connectivity index (χ3v) is 3.65. The zero-order valence-electron chi connectivity index (χ0n) is 12.2. The second-order valence-electron chi connectivity index (χ2n) is 5.28. The van der Waals surface area contributed by atoms with Crippen molar-refractivity contribution in [2.45, 2.75) is 6.42 Å². The maximum atomic E-state index is 12.6. The predicted octanol–water partition coefficient (Wildman–Crippen LogP) is 4.09. The Morgan fingerprint density at radius 3 is 2.09 bits per heavy atom. The number of nitrogens with two attached hydrogens (primary N) is 1. The summed E-state index contributed by atoms with van der Waals surface area (Å²) in [5, 5.41) is 0. The Labute approximate surface area is 130 Å². The van der Waals surface area contributed by atoms with Crippen molar-refractivity contribution >= 4 is 11.5 Å². The lowest BCUT2D eigenvalue weighted by molar-refractivity contribution is 0.103. The molecule has 0 saturated carbocycles. The van der Waals surface area contributed by atoms with Crippen molar-refractivity contribution in [3.63, 3.8) is 0 Å². The topological polar surface area (TPSA) is 43.1 Å². The van der Waals surface area contributed by atoms with Gasteiger partial charge in [-0.3, -0.25) is 4.79 Å². The van der Waals surface area contributed by atoms with E-state index in [0.717, 1.165) is 12.0 Å². The van der Waals surface area contributed by atoms with Gasteiger partial charge >= 0.3 is 0 Å². The van der Waals surface area contributed by atoms with E-state index in [1.165, 1.54) is 5.56 Å². The summed E-state index contributed by atoms with van der Waals surface area (Å²) in [5.41, 5.74) is 10.0. The van der Waals surface area contributed by atoms with Crippen molar-refractivity contribution in [3.05, 3.63) is 101 Å². The zero-order chi connectivity index (χ0) is 15.4. The highest BCUT2D eigenvalue weighted by Crippen LogP contribution is 2.20. The third kappa shape index (κ3) is 3.07. The molecule has 108 valence electrons. The number of carbonyl (C=O) groups excluding carboxylic acids is 1. The molecule has 3 aromatic carbocycles. The Morgan fingerprint density at radius 1 is 0.773 bits per heavy atom. The summed E-state index contributed by atoms with van der Waals surface area (Å²) in [5.74, 6) is -0.0342. The van der Waals surface area contributed by atoms with E-state index in [1.54, 1.807) is 0 Å². The number of hydrogen-bond donors (Lipinski definition) is 1. The highest BCUT2D eigenvalue weighted by molar-refractivity contribution is 6.12. The van der Waals surface area contributed by atoms with Crippen molar-refractivity contribution < 1.29 is 4.79 Å². The lowest BCUT2D eigenvalue weighted by Gasteiger charge is -2.08. The van der Waals surface area contributed by atoms with Crippen molar-refractivity contribution in [2.75, 3.05) is 5.73 Å². The van der Waals surface area contributed by atoms with Gasteiger partial charge in [-0.15, -0.1) is 0 Å². The van der Waals surface area contributed by atoms with E-state index in [2.05, 4.69) is 12.1 Å². The fourth-order valence-electron chi connectivity index (χ4n) is 2.49. The first-order chi connectivity index (χ1) is 10.7. The van der Waals surface area contributed by atoms with Crippen LogP contribution in [0.1, 0.15) is 27.0 Å². The lowest BCUT2D eigenvalue weighted by atomic mass is 9.97. The number of nitrogen functional groups attached to an aromatic ring is 1. The molecule has 0 atom stereocenters. The van der Waals surface area contributed by atoms with Crippen LogP contribution < -0.4 is 5.73 Å². The van der Waals surface area contributed by atoms with Gasteiger partial charge in [0.05, 0.1) is 0 Å². The molecule has 2 heteroatoms. The van der Waals surface area contributed by atoms with Crippen LogP contribution in [-0.2, 0) is 6.42 Å². The molecule has 2 N–H and O–H groups in total. The number of carbonyl (C=O) groups is 1. The number of ketones is 1. The van der Waals surface area contributed by atoms with E-state index in [1.807, 2.05) is 66.7 Å². The fraction of sp³-hybridized carbons (Fsp3) is 0.0500. The third-order valence-electron chi connectivity index (χ3n) is 3.65. The van der Waals surface area contributed by atoms with Crippen molar-refractivity contribution in [3.8, 4) is 0 Å². The highest BCUT2D eigenvalue weighted by Gasteiger charge is 2.12. The normalized spacial score (nSPS) is 10.4. The maximum absolute atomic E-state index is 12.6. The molecule has 0 aliphatic carbocycles. The molecular weight excluding hydrogens is 270 g/mol. The van der Waals surface area contributed by atoms with Crippen LogP contribution in [0.25, 0.3) is 0 Å². The molecule has 3 aromatic rings. The molecule has 22 heavy (non-hydrogen) atoms. The van der Waals surface area contributed by atoms with E-state index >= 15 is 0 Å². The summed E-state index contributed by atoms with van der Waals surface area (Å²) in [6, 6.07) is 25.1. The van der Waals surface area contributed by atoms with Gasteiger partial charge in [-0.1, -0.05) is 66.7 Å². The van der Waals surface area contributed by atoms with Crippen LogP contribution in [0.4, 0.5) is 5.69 Å². The van der Waals surface area contributed by atoms with Crippen molar-refractivity contribution in [2.24, 2.45) is 0 Å². The number of rotatable bonds is 4. The number of hydrogen-bond acceptors (Lipinski definition) is 2. The van der Waals surface area contributed by atoms with Gasteiger partial charge in [-0.2, -0.15) is 0 Å². The molecule has 0 aromatic heterocycles. The van der Waals surface area contributed by atoms with Gasteiger partial charge in [0.2, 0.25) is 0 Å². The average Bonchev–Trinajstić information content (AvgIpc) is 2.58. The fourth-order valence-corrected chi connectivity index (χ4v) is 2.49. The molecule has 0 saturated heterocycles. The second kappa shape index (κ2) is 6.27. The van der Waals surface area contributed by atoms with Crippen LogP contribution in [0, 0.1) is 0 Å². The number of anilines is 1. The molecule has 0 bridgehead atoms. The molecule has 0 aliphatic heterocycles. The molecule has 2 nitrogen and oxygen atoms in total. The molecular formula is C20H17NO. The Hall–Kier alpha value is -2.87. The first kappa shape index (κ1) is 14.1. The molecule has 3 rings (SSSR count). The van der Waals surface area contributed by atoms with Crippen LogP contribution in [0.2, 0.25) is 0 Å². The summed E-state index contributed by atoms with van der Waals surface area (Å²) in [4.78, 5) is 12.6. The van der Waals surface area contributed by atoms with Crippen LogP contribution in [0.3, 0.4) is 0 Å². The second-order valence-corrected chi connectivity index (χ2v) is 5.28. The molecule has 0 spiro atoms. The van der Waals surface area contributed by atoms with E-state index in [0.29, 0.717) is 16.8 Å². The minimum atomic E-state index is -0.0342. The molecule has 0 unspecified atom stereocenters. The summed E-state index contributed by atoms with van der Waals surface area (Å²) in [6.07, 6.45) is 0.788. The van der Waals surface area contributed by atoms with Gasteiger partial charge in [-0.05, 0) is 29.7 Å². The lowest BCUT2D eigenvalue weighted by Crippen LogP contribution is -2.06. The first-order valence-corrected chi connectivity index (χ1v) is 7.26. The van der Waals surface area contributed by atoms with Crippen LogP contribution >= 0.6 is 0 Å². The van der Waals surface area contributed by atoms with Crippen LogP contribution in [0.15, 0.2) is 78.9 Å². The summed E-state index contributed by atoms with van der Waals surface area (Å²) >= 11 is 0. The average molecular weight is 287 g/mol. The van der Waals surface area contributed by atoms with Crippen molar-refractivity contribution in [1.82, 2.24) is 0 Å². The van der Waals surface area contributed by atoms with Gasteiger partial charge in [0.1, 0.15) is 0 Å². The van der Waals surface area contributed by atoms with Crippen LogP contribution in [-0.4, -0.2) is 5.78 Å². The summed E-state index contributed by atoms with van der Waals surface area (Å²) in [6.45, 7) is 0. The minimum absolute atomic E-state index is 0.0342. The Morgan fingerprint density at radius 2 is 1.41 bits per heavy atom. The van der Waals surface area contributed by atoms with Gasteiger partial charge in [0, 0.05) is 16.8 Å². The zero-order valence-corrected chi connectivity index (χ0v) is 12.2. The molecule has 0 heterocycles. The van der Waals surface area contributed by atoms with E-state index < -0.39 is 0 Å². The van der Waals surface area contributed by atoms with Gasteiger partial charge < -0.3 is 5.73 Å². The van der Waals surface area contributed by atoms with E-state index in [-0.39, 0.29) is 5.78 Å². The van der Waals surface area contributed by atoms with Gasteiger partial charge in [0.25, 0.3) is 0 Å². The minimum Gasteiger partial charge on any atom is -0.398 e. The molecule has 0 fully saturated rings. The Bertz CT molecular complexity index is 779. The summed E-state index contributed by atoms with van der Waals surface area (Å²) < 4.78 is 0. The van der Waals surface area contributed by atoms with Crippen molar-refractivity contribution in [1.29, 1.82) is 0 Å². The molecule has 0 amide bonds. The summed E-state index contributed by atoms with van der Waals surface area (Å²) in [7, 11) is 0. The SMILES string of the molecule is Nc1ccc(Cc2ccccc2)cc1C(=O)c1ccccc1. The smallest absolute Gasteiger partial charge is 0.195 e. The van der Waals surface area contributed by atoms with Crippen LogP contribution in [0.5, 0.6) is 0 Å². The highest BCUT2D eigenvalue weighted by atomic mass is 16.1. The Balaban J connectivity index is 1.92. The first-order valence-electron chi connectivity index (χ1n) is 7.26. The molecule has 0 radical (unpaired) electrons. The quantitative estimate of drug-likeness (QED) is 0.580. The number of benzene rings is 3. The largest absolute Gasteiger partial charge is 0.398 e. The van der Waals surface area contributed by atoms with Gasteiger partial charge in [-0.25, -0.2) is 0 Å². The van der Waals surface area contributed by atoms with Gasteiger partial charge in [0.15, 0.2) is 5.78 Å². The van der Waals surface area contributed by atoms with E-state index in [4.69, 9.17) is 5.73 Å². The Kier molecular flexibility index (Phi) is 4.01. The van der Waals surface area contributed by atoms with E-state index in [9.17, 15) is 4.79 Å². The maximum Gasteiger partial charge on any atom is 0.195 e. The molecule has 0 aliphatic rings. The predicted molar refractivity (Wildman–Crippen MR) is 90.0 cm³/mol. The monoisotopic (exact) mass is 287 g/mol.